The zero-order valence-corrected chi connectivity index (χ0v) is 10.8. The number of likely N-dealkylation sites (tertiary alicyclic amines) is 1. The number of hydrogen-bond acceptors (Lipinski definition) is 2. The normalized spacial score (nSPS) is 28.2. The highest BCUT2D eigenvalue weighted by Crippen LogP contribution is 2.22. The van der Waals surface area contributed by atoms with Gasteiger partial charge in [0.05, 0.1) is 0 Å². The second kappa shape index (κ2) is 7.24. The Kier molecular flexibility index (Phi) is 6.26. The van der Waals surface area contributed by atoms with Gasteiger partial charge < -0.3 is 10.2 Å². The minimum atomic E-state index is 0.804. The third-order valence-electron chi connectivity index (χ3n) is 3.80. The fourth-order valence-electron chi connectivity index (χ4n) is 2.48. The largest absolute Gasteiger partial charge is 0.317 e. The number of unbranched alkanes of at least 4 members (excludes halogenated alkanes) is 1. The van der Waals surface area contributed by atoms with Crippen molar-refractivity contribution in [3.05, 3.63) is 0 Å². The van der Waals surface area contributed by atoms with Crippen LogP contribution in [0.2, 0.25) is 0 Å². The summed E-state index contributed by atoms with van der Waals surface area (Å²) in [6, 6.07) is 0.804. The van der Waals surface area contributed by atoms with E-state index in [0.29, 0.717) is 0 Å². The highest BCUT2D eigenvalue weighted by molar-refractivity contribution is 4.78. The van der Waals surface area contributed by atoms with Gasteiger partial charge in [0.15, 0.2) is 0 Å². The average molecular weight is 212 g/mol. The summed E-state index contributed by atoms with van der Waals surface area (Å²) in [5.74, 6) is 0.896. The summed E-state index contributed by atoms with van der Waals surface area (Å²) in [4.78, 5) is 2.68. The molecular formula is C13H28N2. The molecule has 1 aliphatic heterocycles. The van der Waals surface area contributed by atoms with Crippen molar-refractivity contribution in [2.24, 2.45) is 5.92 Å². The predicted octanol–water partition coefficient (Wildman–Crippen LogP) is 2.50. The van der Waals surface area contributed by atoms with Gasteiger partial charge in [0.1, 0.15) is 0 Å². The van der Waals surface area contributed by atoms with Crippen LogP contribution in [0.1, 0.15) is 46.5 Å². The molecule has 0 saturated carbocycles. The van der Waals surface area contributed by atoms with E-state index in [1.54, 1.807) is 0 Å². The van der Waals surface area contributed by atoms with Crippen LogP contribution < -0.4 is 5.32 Å². The molecule has 1 heterocycles. The number of rotatable bonds is 6. The molecule has 1 aliphatic rings. The lowest BCUT2D eigenvalue weighted by Crippen LogP contribution is -2.42. The molecule has 1 rings (SSSR count). The molecule has 1 saturated heterocycles. The van der Waals surface area contributed by atoms with Gasteiger partial charge in [-0.3, -0.25) is 0 Å². The Labute approximate surface area is 95.4 Å². The molecule has 1 N–H and O–H groups in total. The zero-order chi connectivity index (χ0) is 11.1. The van der Waals surface area contributed by atoms with Crippen molar-refractivity contribution in [1.29, 1.82) is 0 Å². The van der Waals surface area contributed by atoms with Crippen molar-refractivity contribution in [2.45, 2.75) is 52.5 Å². The standard InChI is InChI=1S/C13H28N2/c1-4-14-9-5-6-10-15-11-7-8-12(2)13(15)3/h12-14H,4-11H2,1-3H3. The van der Waals surface area contributed by atoms with Gasteiger partial charge in [-0.2, -0.15) is 0 Å². The molecule has 90 valence electrons. The van der Waals surface area contributed by atoms with E-state index in [4.69, 9.17) is 0 Å². The van der Waals surface area contributed by atoms with Crippen molar-refractivity contribution in [1.82, 2.24) is 10.2 Å². The molecule has 0 aromatic carbocycles. The van der Waals surface area contributed by atoms with E-state index >= 15 is 0 Å². The third kappa shape index (κ3) is 4.52. The lowest BCUT2D eigenvalue weighted by molar-refractivity contribution is 0.112. The quantitative estimate of drug-likeness (QED) is 0.681. The molecule has 0 radical (unpaired) electrons. The topological polar surface area (TPSA) is 15.3 Å². The van der Waals surface area contributed by atoms with Gasteiger partial charge in [-0.25, -0.2) is 0 Å². The molecule has 2 heteroatoms. The summed E-state index contributed by atoms with van der Waals surface area (Å²) >= 11 is 0. The summed E-state index contributed by atoms with van der Waals surface area (Å²) in [5, 5.41) is 3.39. The van der Waals surface area contributed by atoms with Gasteiger partial charge in [0.25, 0.3) is 0 Å². The Hall–Kier alpha value is -0.0800. The Morgan fingerprint density at radius 1 is 1.27 bits per heavy atom. The van der Waals surface area contributed by atoms with Gasteiger partial charge in [-0.05, 0) is 64.7 Å². The maximum atomic E-state index is 3.39. The van der Waals surface area contributed by atoms with Crippen molar-refractivity contribution >= 4 is 0 Å². The maximum absolute atomic E-state index is 3.39. The highest BCUT2D eigenvalue weighted by Gasteiger charge is 2.23. The van der Waals surface area contributed by atoms with E-state index in [9.17, 15) is 0 Å². The Bertz CT molecular complexity index is 159. The van der Waals surface area contributed by atoms with Crippen LogP contribution in [-0.2, 0) is 0 Å². The Morgan fingerprint density at radius 3 is 2.80 bits per heavy atom. The summed E-state index contributed by atoms with van der Waals surface area (Å²) in [5.41, 5.74) is 0. The lowest BCUT2D eigenvalue weighted by Gasteiger charge is -2.37. The fraction of sp³-hybridized carbons (Fsp3) is 1.00. The van der Waals surface area contributed by atoms with E-state index in [-0.39, 0.29) is 0 Å². The van der Waals surface area contributed by atoms with Crippen LogP contribution in [0.4, 0.5) is 0 Å². The molecule has 0 spiro atoms. The maximum Gasteiger partial charge on any atom is 0.00925 e. The van der Waals surface area contributed by atoms with Crippen LogP contribution in [0.15, 0.2) is 0 Å². The SMILES string of the molecule is CCNCCCCN1CCCC(C)C1C. The van der Waals surface area contributed by atoms with E-state index in [1.165, 1.54) is 45.3 Å². The first-order valence-corrected chi connectivity index (χ1v) is 6.70. The van der Waals surface area contributed by atoms with Crippen molar-refractivity contribution in [2.75, 3.05) is 26.2 Å². The van der Waals surface area contributed by atoms with Crippen LogP contribution in [0.5, 0.6) is 0 Å². The number of hydrogen-bond donors (Lipinski definition) is 1. The van der Waals surface area contributed by atoms with E-state index in [1.807, 2.05) is 0 Å². The molecule has 0 bridgehead atoms. The zero-order valence-electron chi connectivity index (χ0n) is 10.8. The summed E-state index contributed by atoms with van der Waals surface area (Å²) in [6.45, 7) is 11.9. The van der Waals surface area contributed by atoms with Crippen LogP contribution in [0, 0.1) is 5.92 Å². The van der Waals surface area contributed by atoms with Gasteiger partial charge in [0, 0.05) is 6.04 Å². The Balaban J connectivity index is 2.09. The van der Waals surface area contributed by atoms with E-state index in [2.05, 4.69) is 31.0 Å². The average Bonchev–Trinajstić information content (AvgIpc) is 2.24. The molecule has 15 heavy (non-hydrogen) atoms. The highest BCUT2D eigenvalue weighted by atomic mass is 15.2. The molecule has 2 atom stereocenters. The molecule has 0 aliphatic carbocycles. The minimum Gasteiger partial charge on any atom is -0.317 e. The number of nitrogens with one attached hydrogen (secondary N) is 1. The van der Waals surface area contributed by atoms with Crippen LogP contribution in [0.3, 0.4) is 0 Å². The molecule has 0 aromatic rings. The van der Waals surface area contributed by atoms with E-state index in [0.717, 1.165) is 18.5 Å². The number of nitrogens with zero attached hydrogens (tertiary/aromatic N) is 1. The first-order valence-electron chi connectivity index (χ1n) is 6.70. The van der Waals surface area contributed by atoms with E-state index < -0.39 is 0 Å². The van der Waals surface area contributed by atoms with Crippen molar-refractivity contribution in [3.8, 4) is 0 Å². The molecule has 2 nitrogen and oxygen atoms in total. The fourth-order valence-corrected chi connectivity index (χ4v) is 2.48. The monoisotopic (exact) mass is 212 g/mol. The minimum absolute atomic E-state index is 0.804. The first kappa shape index (κ1) is 13.0. The second-order valence-electron chi connectivity index (χ2n) is 4.96. The first-order chi connectivity index (χ1) is 7.25. The third-order valence-corrected chi connectivity index (χ3v) is 3.80. The Morgan fingerprint density at radius 2 is 2.07 bits per heavy atom. The predicted molar refractivity (Wildman–Crippen MR) is 67.2 cm³/mol. The molecular weight excluding hydrogens is 184 g/mol. The van der Waals surface area contributed by atoms with Crippen molar-refractivity contribution in [3.63, 3.8) is 0 Å². The van der Waals surface area contributed by atoms with Crippen LogP contribution in [-0.4, -0.2) is 37.1 Å². The molecule has 0 amide bonds. The van der Waals surface area contributed by atoms with Gasteiger partial charge in [-0.15, -0.1) is 0 Å². The summed E-state index contributed by atoms with van der Waals surface area (Å²) in [6.07, 6.45) is 5.50. The van der Waals surface area contributed by atoms with Crippen LogP contribution in [0.25, 0.3) is 0 Å². The second-order valence-corrected chi connectivity index (χ2v) is 4.96. The lowest BCUT2D eigenvalue weighted by atomic mass is 9.92. The van der Waals surface area contributed by atoms with Gasteiger partial charge in [0.2, 0.25) is 0 Å². The summed E-state index contributed by atoms with van der Waals surface area (Å²) < 4.78 is 0. The molecule has 2 unspecified atom stereocenters. The molecule has 0 aromatic heterocycles. The van der Waals surface area contributed by atoms with Gasteiger partial charge in [-0.1, -0.05) is 13.8 Å². The number of piperidine rings is 1. The van der Waals surface area contributed by atoms with Crippen LogP contribution >= 0.6 is 0 Å². The summed E-state index contributed by atoms with van der Waals surface area (Å²) in [7, 11) is 0. The van der Waals surface area contributed by atoms with Gasteiger partial charge >= 0.3 is 0 Å². The van der Waals surface area contributed by atoms with Crippen molar-refractivity contribution < 1.29 is 0 Å². The molecule has 1 fully saturated rings. The smallest absolute Gasteiger partial charge is 0.00925 e.